The summed E-state index contributed by atoms with van der Waals surface area (Å²) in [4.78, 5) is 38.4. The Morgan fingerprint density at radius 1 is 0.253 bits per heavy atom. The number of allylic oxidation sites excluding steroid dienone is 18. The zero-order chi connectivity index (χ0) is 59.9. The van der Waals surface area contributed by atoms with Gasteiger partial charge in [-0.1, -0.05) is 329 Å². The van der Waals surface area contributed by atoms with Crippen molar-refractivity contribution in [2.45, 2.75) is 348 Å². The molecule has 1 atom stereocenters. The molecule has 0 aromatic heterocycles. The molecule has 0 spiro atoms. The highest BCUT2D eigenvalue weighted by Gasteiger charge is 2.19. The minimum Gasteiger partial charge on any atom is -0.462 e. The largest absolute Gasteiger partial charge is 0.462 e. The summed E-state index contributed by atoms with van der Waals surface area (Å²) in [6.45, 7) is 6.40. The van der Waals surface area contributed by atoms with Crippen LogP contribution in [0.4, 0.5) is 0 Å². The van der Waals surface area contributed by atoms with Crippen LogP contribution in [-0.4, -0.2) is 37.2 Å². The maximum atomic E-state index is 12.9. The summed E-state index contributed by atoms with van der Waals surface area (Å²) >= 11 is 0. The molecule has 0 amide bonds. The lowest BCUT2D eigenvalue weighted by Crippen LogP contribution is -2.30. The first-order chi connectivity index (χ1) is 41.0. The second-order valence-electron chi connectivity index (χ2n) is 23.4. The van der Waals surface area contributed by atoms with Gasteiger partial charge in [-0.3, -0.25) is 14.4 Å². The number of carbonyl (C=O) groups excluding carboxylic acids is 3. The molecule has 6 nitrogen and oxygen atoms in total. The molecule has 0 aromatic rings. The first-order valence-corrected chi connectivity index (χ1v) is 35.4. The maximum Gasteiger partial charge on any atom is 0.306 e. The third-order valence-corrected chi connectivity index (χ3v) is 15.3. The Balaban J connectivity index is 4.32. The third-order valence-electron chi connectivity index (χ3n) is 15.3. The fourth-order valence-electron chi connectivity index (χ4n) is 10.1. The molecule has 0 aliphatic rings. The Kier molecular flexibility index (Phi) is 67.2. The van der Waals surface area contributed by atoms with E-state index < -0.39 is 6.10 Å². The van der Waals surface area contributed by atoms with Gasteiger partial charge in [0.15, 0.2) is 6.10 Å². The van der Waals surface area contributed by atoms with Crippen molar-refractivity contribution in [1.82, 2.24) is 0 Å². The van der Waals surface area contributed by atoms with E-state index in [9.17, 15) is 14.4 Å². The fourth-order valence-corrected chi connectivity index (χ4v) is 10.1. The van der Waals surface area contributed by atoms with Crippen molar-refractivity contribution in [2.24, 2.45) is 0 Å². The first-order valence-electron chi connectivity index (χ1n) is 35.4. The van der Waals surface area contributed by atoms with Crippen molar-refractivity contribution in [2.75, 3.05) is 13.2 Å². The molecule has 0 N–H and O–H groups in total. The Morgan fingerprint density at radius 2 is 0.470 bits per heavy atom. The average Bonchev–Trinajstić information content (AvgIpc) is 3.49. The van der Waals surface area contributed by atoms with E-state index in [1.807, 2.05) is 0 Å². The Bertz CT molecular complexity index is 1660. The first kappa shape index (κ1) is 79.1. The Labute approximate surface area is 514 Å². The topological polar surface area (TPSA) is 78.9 Å². The van der Waals surface area contributed by atoms with Crippen LogP contribution in [0.1, 0.15) is 342 Å². The van der Waals surface area contributed by atoms with Crippen molar-refractivity contribution in [3.8, 4) is 0 Å². The molecule has 0 fully saturated rings. The van der Waals surface area contributed by atoms with Crippen LogP contribution in [0.15, 0.2) is 109 Å². The van der Waals surface area contributed by atoms with Crippen LogP contribution in [0, 0.1) is 0 Å². The van der Waals surface area contributed by atoms with Gasteiger partial charge in [-0.15, -0.1) is 0 Å². The van der Waals surface area contributed by atoms with Gasteiger partial charge in [-0.25, -0.2) is 0 Å². The molecule has 0 aromatic carbocycles. The summed E-state index contributed by atoms with van der Waals surface area (Å²) in [6.07, 6.45) is 97.0. The van der Waals surface area contributed by atoms with Crippen LogP contribution in [0.3, 0.4) is 0 Å². The van der Waals surface area contributed by atoms with Crippen LogP contribution in [0.5, 0.6) is 0 Å². The standard InChI is InChI=1S/C77H132O6/c1-4-7-10-13-16-19-22-25-28-30-32-34-35-36-37-38-39-40-41-43-44-46-49-52-55-58-61-64-67-70-76(79)82-73-74(72-81-75(78)69-66-63-60-57-54-51-48-27-24-21-18-15-12-9-6-3)83-77(80)71-68-65-62-59-56-53-50-47-45-42-33-31-29-26-23-20-17-14-11-8-5-2/h8-9,11-12,17-18,20-21,26-27,29,33,42,47-48,50,56,59,74H,4-7,10,13-16,19,22-25,28,30-32,34-41,43-46,49,51-55,57-58,60-73H2,1-3H3/b11-8-,12-9-,20-17-,21-18-,29-26-,42-33-,48-27-,50-47-,59-56-. The molecule has 6 heteroatoms. The number of unbranched alkanes of at least 4 members (excludes halogenated alkanes) is 35. The summed E-state index contributed by atoms with van der Waals surface area (Å²) in [5.41, 5.74) is 0. The van der Waals surface area contributed by atoms with E-state index in [1.165, 1.54) is 167 Å². The maximum absolute atomic E-state index is 12.9. The van der Waals surface area contributed by atoms with Crippen LogP contribution in [0.2, 0.25) is 0 Å². The van der Waals surface area contributed by atoms with Gasteiger partial charge in [0.1, 0.15) is 13.2 Å². The van der Waals surface area contributed by atoms with Gasteiger partial charge in [0.05, 0.1) is 0 Å². The number of rotatable bonds is 64. The molecular formula is C77H132O6. The van der Waals surface area contributed by atoms with Crippen molar-refractivity contribution in [3.63, 3.8) is 0 Å². The summed E-state index contributed by atoms with van der Waals surface area (Å²) < 4.78 is 16.9. The summed E-state index contributed by atoms with van der Waals surface area (Å²) in [5.74, 6) is -0.950. The number of hydrogen-bond acceptors (Lipinski definition) is 6. The molecule has 0 saturated heterocycles. The van der Waals surface area contributed by atoms with E-state index in [4.69, 9.17) is 14.2 Å². The van der Waals surface area contributed by atoms with E-state index in [-0.39, 0.29) is 37.5 Å². The number of carbonyl (C=O) groups is 3. The second-order valence-corrected chi connectivity index (χ2v) is 23.4. The number of hydrogen-bond donors (Lipinski definition) is 0. The number of ether oxygens (including phenoxy) is 3. The van der Waals surface area contributed by atoms with Crippen molar-refractivity contribution in [1.29, 1.82) is 0 Å². The molecule has 0 aliphatic heterocycles. The predicted molar refractivity (Wildman–Crippen MR) is 362 cm³/mol. The zero-order valence-electron chi connectivity index (χ0n) is 54.7. The fraction of sp³-hybridized carbons (Fsp3) is 0.727. The van der Waals surface area contributed by atoms with Crippen LogP contribution >= 0.6 is 0 Å². The summed E-state index contributed by atoms with van der Waals surface area (Å²) in [6, 6.07) is 0. The van der Waals surface area contributed by atoms with Crippen LogP contribution in [0.25, 0.3) is 0 Å². The molecule has 83 heavy (non-hydrogen) atoms. The SMILES string of the molecule is CC/C=C\C/C=C\C/C=C\C/C=C\C/C=C\C/C=C\CCCCC(=O)OC(COC(=O)CCCCCCC/C=C\C/C=C\C/C=C\CC)COC(=O)CCCCCCCCCCCCCCCCCCCCCCCCCCCCCCC. The molecule has 0 bridgehead atoms. The van der Waals surface area contributed by atoms with Crippen molar-refractivity contribution in [3.05, 3.63) is 109 Å². The molecular weight excluding hydrogens is 1020 g/mol. The average molecular weight is 1150 g/mol. The zero-order valence-corrected chi connectivity index (χ0v) is 54.7. The summed E-state index contributed by atoms with van der Waals surface area (Å²) in [5, 5.41) is 0. The van der Waals surface area contributed by atoms with E-state index >= 15 is 0 Å². The second kappa shape index (κ2) is 70.6. The molecule has 476 valence electrons. The van der Waals surface area contributed by atoms with E-state index in [0.29, 0.717) is 19.3 Å². The highest BCUT2D eigenvalue weighted by Crippen LogP contribution is 2.18. The molecule has 0 aliphatic carbocycles. The van der Waals surface area contributed by atoms with Gasteiger partial charge in [-0.2, -0.15) is 0 Å². The van der Waals surface area contributed by atoms with Gasteiger partial charge in [0.2, 0.25) is 0 Å². The minimum atomic E-state index is -0.811. The predicted octanol–water partition coefficient (Wildman–Crippen LogP) is 24.6. The smallest absolute Gasteiger partial charge is 0.306 e. The quantitative estimate of drug-likeness (QED) is 0.0261. The Hall–Kier alpha value is -3.93. The molecule has 0 radical (unpaired) electrons. The van der Waals surface area contributed by atoms with E-state index in [0.717, 1.165) is 128 Å². The third kappa shape index (κ3) is 68.7. The van der Waals surface area contributed by atoms with E-state index in [1.54, 1.807) is 0 Å². The van der Waals surface area contributed by atoms with Gasteiger partial charge < -0.3 is 14.2 Å². The summed E-state index contributed by atoms with van der Waals surface area (Å²) in [7, 11) is 0. The van der Waals surface area contributed by atoms with Gasteiger partial charge in [0, 0.05) is 19.3 Å². The normalized spacial score (nSPS) is 12.8. The van der Waals surface area contributed by atoms with E-state index in [2.05, 4.69) is 130 Å². The lowest BCUT2D eigenvalue weighted by molar-refractivity contribution is -0.167. The van der Waals surface area contributed by atoms with Crippen LogP contribution < -0.4 is 0 Å². The van der Waals surface area contributed by atoms with Crippen molar-refractivity contribution >= 4 is 17.9 Å². The van der Waals surface area contributed by atoms with Crippen molar-refractivity contribution < 1.29 is 28.6 Å². The van der Waals surface area contributed by atoms with Crippen LogP contribution in [-0.2, 0) is 28.6 Å². The molecule has 0 heterocycles. The lowest BCUT2D eigenvalue weighted by Gasteiger charge is -2.18. The molecule has 0 rings (SSSR count). The highest BCUT2D eigenvalue weighted by molar-refractivity contribution is 5.71. The molecule has 0 saturated carbocycles. The minimum absolute atomic E-state index is 0.100. The van der Waals surface area contributed by atoms with Gasteiger partial charge in [-0.05, 0) is 103 Å². The van der Waals surface area contributed by atoms with Gasteiger partial charge >= 0.3 is 17.9 Å². The molecule has 1 unspecified atom stereocenters. The monoisotopic (exact) mass is 1150 g/mol. The highest BCUT2D eigenvalue weighted by atomic mass is 16.6. The van der Waals surface area contributed by atoms with Gasteiger partial charge in [0.25, 0.3) is 0 Å². The lowest BCUT2D eigenvalue weighted by atomic mass is 10.0. The Morgan fingerprint density at radius 3 is 0.759 bits per heavy atom. The number of esters is 3.